The van der Waals surface area contributed by atoms with E-state index in [0.717, 1.165) is 22.4 Å². The van der Waals surface area contributed by atoms with Crippen LogP contribution in [0.4, 0.5) is 5.82 Å². The van der Waals surface area contributed by atoms with Gasteiger partial charge in [0.2, 0.25) is 0 Å². The molecule has 0 saturated carbocycles. The molecule has 7 nitrogen and oxygen atoms in total. The van der Waals surface area contributed by atoms with Crippen molar-refractivity contribution in [3.8, 4) is 11.5 Å². The van der Waals surface area contributed by atoms with Crippen molar-refractivity contribution in [2.24, 2.45) is 5.41 Å². The molecule has 1 atom stereocenters. The lowest BCUT2D eigenvalue weighted by molar-refractivity contribution is -0.118. The number of nitrogens with one attached hydrogen (secondary N) is 2. The minimum absolute atomic E-state index is 0.0404. The lowest BCUT2D eigenvalue weighted by Gasteiger charge is -2.39. The molecule has 206 valence electrons. The van der Waals surface area contributed by atoms with E-state index in [1.807, 2.05) is 74.5 Å². The second-order valence-electron chi connectivity index (χ2n) is 11.3. The predicted octanol–water partition coefficient (Wildman–Crippen LogP) is 6.22. The van der Waals surface area contributed by atoms with Gasteiger partial charge in [-0.2, -0.15) is 0 Å². The van der Waals surface area contributed by atoms with E-state index in [-0.39, 0.29) is 17.1 Å². The summed E-state index contributed by atoms with van der Waals surface area (Å²) in [4.78, 5) is 31.8. The molecular formula is C33H35N3O4. The molecule has 0 fully saturated rings. The molecule has 0 bridgehead atoms. The van der Waals surface area contributed by atoms with Crippen LogP contribution in [0, 0.1) is 12.3 Å². The zero-order valence-corrected chi connectivity index (χ0v) is 23.6. The molecule has 40 heavy (non-hydrogen) atoms. The van der Waals surface area contributed by atoms with Gasteiger partial charge in [0.1, 0.15) is 12.4 Å². The summed E-state index contributed by atoms with van der Waals surface area (Å²) in [6, 6.07) is 19.2. The Labute approximate surface area is 235 Å². The Kier molecular flexibility index (Phi) is 7.48. The number of aromatic nitrogens is 1. The van der Waals surface area contributed by atoms with Gasteiger partial charge in [-0.3, -0.25) is 9.59 Å². The molecule has 1 aromatic heterocycles. The third-order valence-electron chi connectivity index (χ3n) is 7.40. The number of hydrogen-bond acceptors (Lipinski definition) is 6. The fraction of sp³-hybridized carbons (Fsp3) is 0.303. The molecule has 2 N–H and O–H groups in total. The Hall–Kier alpha value is -4.39. The van der Waals surface area contributed by atoms with Crippen molar-refractivity contribution >= 4 is 17.5 Å². The normalized spacial score (nSPS) is 18.1. The molecule has 1 unspecified atom stereocenters. The van der Waals surface area contributed by atoms with E-state index >= 15 is 0 Å². The number of ketones is 1. The molecule has 7 heteroatoms. The van der Waals surface area contributed by atoms with E-state index in [1.165, 1.54) is 0 Å². The van der Waals surface area contributed by atoms with Crippen LogP contribution >= 0.6 is 0 Å². The highest BCUT2D eigenvalue weighted by molar-refractivity contribution is 6.09. The van der Waals surface area contributed by atoms with Crippen molar-refractivity contribution in [2.75, 3.05) is 12.4 Å². The van der Waals surface area contributed by atoms with Gasteiger partial charge in [-0.25, -0.2) is 4.98 Å². The van der Waals surface area contributed by atoms with Crippen LogP contribution in [0.25, 0.3) is 0 Å². The van der Waals surface area contributed by atoms with Crippen molar-refractivity contribution in [1.82, 2.24) is 10.3 Å². The van der Waals surface area contributed by atoms with Crippen molar-refractivity contribution < 1.29 is 19.1 Å². The summed E-state index contributed by atoms with van der Waals surface area (Å²) < 4.78 is 11.8. The van der Waals surface area contributed by atoms with Gasteiger partial charge in [-0.15, -0.1) is 0 Å². The van der Waals surface area contributed by atoms with Crippen LogP contribution in [0.2, 0.25) is 0 Å². The summed E-state index contributed by atoms with van der Waals surface area (Å²) in [7, 11) is 1.59. The first kappa shape index (κ1) is 27.2. The number of nitrogens with zero attached hydrogens (tertiary/aromatic N) is 1. The van der Waals surface area contributed by atoms with E-state index in [4.69, 9.17) is 9.47 Å². The van der Waals surface area contributed by atoms with E-state index in [9.17, 15) is 9.59 Å². The molecule has 0 radical (unpaired) electrons. The average Bonchev–Trinajstić information content (AvgIpc) is 2.90. The highest BCUT2D eigenvalue weighted by Gasteiger charge is 2.43. The van der Waals surface area contributed by atoms with Gasteiger partial charge in [-0.1, -0.05) is 50.2 Å². The van der Waals surface area contributed by atoms with Gasteiger partial charge >= 0.3 is 0 Å². The molecule has 2 aliphatic rings. The third-order valence-corrected chi connectivity index (χ3v) is 7.40. The number of amides is 1. The maximum Gasteiger partial charge on any atom is 0.255 e. The van der Waals surface area contributed by atoms with Crippen LogP contribution in [0.15, 0.2) is 89.4 Å². The number of aryl methyl sites for hydroxylation is 1. The number of ether oxygens (including phenoxy) is 2. The Balaban J connectivity index is 1.55. The molecule has 0 saturated heterocycles. The van der Waals surface area contributed by atoms with Crippen LogP contribution in [0.3, 0.4) is 0 Å². The van der Waals surface area contributed by atoms with Gasteiger partial charge in [0.15, 0.2) is 17.3 Å². The summed E-state index contributed by atoms with van der Waals surface area (Å²) in [5.41, 5.74) is 5.33. The number of rotatable bonds is 7. The first-order valence-electron chi connectivity index (χ1n) is 13.5. The Morgan fingerprint density at radius 3 is 2.55 bits per heavy atom. The number of carbonyl (C=O) groups excluding carboxylic acids is 2. The predicted molar refractivity (Wildman–Crippen MR) is 155 cm³/mol. The molecular weight excluding hydrogens is 502 g/mol. The number of methoxy groups -OCH3 is 1. The van der Waals surface area contributed by atoms with Crippen LogP contribution in [-0.4, -0.2) is 23.8 Å². The molecule has 3 aromatic rings. The molecule has 2 heterocycles. The first-order valence-corrected chi connectivity index (χ1v) is 13.5. The summed E-state index contributed by atoms with van der Waals surface area (Å²) >= 11 is 0. The molecule has 1 aliphatic heterocycles. The Bertz CT molecular complexity index is 1520. The third kappa shape index (κ3) is 5.64. The van der Waals surface area contributed by atoms with Crippen LogP contribution in [-0.2, 0) is 16.2 Å². The number of hydrogen-bond donors (Lipinski definition) is 2. The van der Waals surface area contributed by atoms with Gasteiger partial charge in [-0.05, 0) is 66.6 Å². The topological polar surface area (TPSA) is 89.5 Å². The Morgan fingerprint density at radius 2 is 1.82 bits per heavy atom. The van der Waals surface area contributed by atoms with E-state index in [0.29, 0.717) is 53.6 Å². The lowest BCUT2D eigenvalue weighted by Crippen LogP contribution is -2.39. The van der Waals surface area contributed by atoms with Gasteiger partial charge in [0.25, 0.3) is 5.91 Å². The monoisotopic (exact) mass is 537 g/mol. The number of benzene rings is 2. The van der Waals surface area contributed by atoms with Crippen molar-refractivity contribution in [3.63, 3.8) is 0 Å². The maximum absolute atomic E-state index is 13.8. The molecule has 0 spiro atoms. The van der Waals surface area contributed by atoms with Gasteiger partial charge < -0.3 is 20.1 Å². The summed E-state index contributed by atoms with van der Waals surface area (Å²) in [6.07, 6.45) is 2.79. The van der Waals surface area contributed by atoms with E-state index in [2.05, 4.69) is 29.5 Å². The number of pyridine rings is 1. The largest absolute Gasteiger partial charge is 0.493 e. The van der Waals surface area contributed by atoms with Crippen LogP contribution in [0.5, 0.6) is 11.5 Å². The molecule has 1 amide bonds. The summed E-state index contributed by atoms with van der Waals surface area (Å²) in [6.45, 7) is 8.41. The molecule has 1 aliphatic carbocycles. The van der Waals surface area contributed by atoms with Gasteiger partial charge in [0, 0.05) is 41.1 Å². The highest BCUT2D eigenvalue weighted by Crippen LogP contribution is 2.48. The summed E-state index contributed by atoms with van der Waals surface area (Å²) in [5.74, 6) is 0.753. The van der Waals surface area contributed by atoms with Crippen molar-refractivity contribution in [1.29, 1.82) is 0 Å². The minimum Gasteiger partial charge on any atom is -0.493 e. The van der Waals surface area contributed by atoms with E-state index < -0.39 is 5.92 Å². The standard InChI is InChI=1S/C33H35N3O4/c1-20-13-14-34-28(15-20)36-32(38)29-21(2)35-24-17-33(3,4)18-25(37)31(24)30(29)23-11-12-26(27(16-23)39-5)40-19-22-9-7-6-8-10-22/h6-16,30,35H,17-19H2,1-5H3,(H,34,36,38). The summed E-state index contributed by atoms with van der Waals surface area (Å²) in [5, 5.41) is 6.36. The number of allylic oxidation sites excluding steroid dienone is 3. The van der Waals surface area contributed by atoms with Crippen molar-refractivity contribution in [2.45, 2.75) is 53.1 Å². The van der Waals surface area contributed by atoms with Crippen molar-refractivity contribution in [3.05, 3.63) is 106 Å². The first-order chi connectivity index (χ1) is 19.1. The fourth-order valence-electron chi connectivity index (χ4n) is 5.58. The van der Waals surface area contributed by atoms with Crippen LogP contribution in [0.1, 0.15) is 56.2 Å². The Morgan fingerprint density at radius 1 is 1.05 bits per heavy atom. The SMILES string of the molecule is COc1cc(C2C(C(=O)Nc3cc(C)ccn3)=C(C)NC3=C2C(=O)CC(C)(C)C3)ccc1OCc1ccccc1. The number of Topliss-reactive ketones (excluding diaryl/α,β-unsaturated/α-hetero) is 1. The quantitative estimate of drug-likeness (QED) is 0.372. The smallest absolute Gasteiger partial charge is 0.255 e. The molecule has 5 rings (SSSR count). The van der Waals surface area contributed by atoms with Crippen LogP contribution < -0.4 is 20.1 Å². The lowest BCUT2D eigenvalue weighted by atomic mass is 9.68. The average molecular weight is 538 g/mol. The van der Waals surface area contributed by atoms with Gasteiger partial charge in [0.05, 0.1) is 7.11 Å². The second kappa shape index (κ2) is 11.0. The number of anilines is 1. The maximum atomic E-state index is 13.8. The van der Waals surface area contributed by atoms with E-state index in [1.54, 1.807) is 13.3 Å². The number of dihydropyridines is 1. The zero-order valence-electron chi connectivity index (χ0n) is 23.6. The minimum atomic E-state index is -0.568. The fourth-order valence-corrected chi connectivity index (χ4v) is 5.58. The second-order valence-corrected chi connectivity index (χ2v) is 11.3. The zero-order chi connectivity index (χ0) is 28.4. The highest BCUT2D eigenvalue weighted by atomic mass is 16.5. The molecule has 2 aromatic carbocycles. The number of carbonyl (C=O) groups is 2.